The van der Waals surface area contributed by atoms with Crippen LogP contribution >= 0.6 is 0 Å². The topological polar surface area (TPSA) is 14.2 Å². The van der Waals surface area contributed by atoms with Crippen molar-refractivity contribution in [3.8, 4) is 11.4 Å². The van der Waals surface area contributed by atoms with Crippen LogP contribution in [0.1, 0.15) is 30.5 Å². The minimum Gasteiger partial charge on any atom is -0.494 e. The number of ether oxygens (including phenoxy) is 1. The zero-order chi connectivity index (χ0) is 19.3. The highest BCUT2D eigenvalue weighted by Gasteiger charge is 2.05. The lowest BCUT2D eigenvalue weighted by molar-refractivity contribution is 0.340. The number of rotatable bonds is 7. The molecule has 4 aromatic rings. The van der Waals surface area contributed by atoms with Crippen LogP contribution in [-0.2, 0) is 19.3 Å². The molecule has 4 rings (SSSR count). The van der Waals surface area contributed by atoms with E-state index in [4.69, 9.17) is 4.74 Å². The van der Waals surface area contributed by atoms with Gasteiger partial charge in [0.15, 0.2) is 0 Å². The molecule has 0 aliphatic heterocycles. The van der Waals surface area contributed by atoms with Gasteiger partial charge in [0.2, 0.25) is 0 Å². The van der Waals surface area contributed by atoms with Crippen LogP contribution in [0.2, 0.25) is 0 Å². The van der Waals surface area contributed by atoms with Gasteiger partial charge in [-0.25, -0.2) is 0 Å². The fraction of sp³-hybridized carbons (Fsp3) is 0.231. The summed E-state index contributed by atoms with van der Waals surface area (Å²) in [4.78, 5) is 0. The monoisotopic (exact) mass is 369 g/mol. The predicted octanol–water partition coefficient (Wildman–Crippen LogP) is 6.38. The molecule has 1 heterocycles. The van der Waals surface area contributed by atoms with Crippen LogP contribution in [0.5, 0.6) is 5.75 Å². The van der Waals surface area contributed by atoms with E-state index in [1.807, 2.05) is 19.1 Å². The molecule has 0 unspecified atom stereocenters. The summed E-state index contributed by atoms with van der Waals surface area (Å²) in [7, 11) is 0. The molecule has 0 saturated heterocycles. The molecule has 0 spiro atoms. The summed E-state index contributed by atoms with van der Waals surface area (Å²) in [6.07, 6.45) is 5.39. The van der Waals surface area contributed by atoms with E-state index in [2.05, 4.69) is 78.4 Å². The Labute approximate surface area is 167 Å². The maximum Gasteiger partial charge on any atom is 0.119 e. The highest BCUT2D eigenvalue weighted by molar-refractivity contribution is 5.82. The number of hydrogen-bond donors (Lipinski definition) is 0. The first-order chi connectivity index (χ1) is 13.8. The van der Waals surface area contributed by atoms with Gasteiger partial charge in [0.05, 0.1) is 12.1 Å². The van der Waals surface area contributed by atoms with Crippen LogP contribution in [0.15, 0.2) is 79.0 Å². The highest BCUT2D eigenvalue weighted by Crippen LogP contribution is 2.24. The number of nitrogens with zero attached hydrogens (tertiary/aromatic N) is 1. The first-order valence-corrected chi connectivity index (χ1v) is 10.2. The van der Waals surface area contributed by atoms with Gasteiger partial charge in [0, 0.05) is 17.3 Å². The van der Waals surface area contributed by atoms with Gasteiger partial charge in [-0.2, -0.15) is 0 Å². The van der Waals surface area contributed by atoms with Gasteiger partial charge in [-0.05, 0) is 85.3 Å². The molecule has 0 saturated carbocycles. The largest absolute Gasteiger partial charge is 0.494 e. The molecule has 2 heteroatoms. The van der Waals surface area contributed by atoms with E-state index in [-0.39, 0.29) is 0 Å². The van der Waals surface area contributed by atoms with Crippen LogP contribution in [0.3, 0.4) is 0 Å². The molecule has 0 atom stereocenters. The zero-order valence-corrected chi connectivity index (χ0v) is 16.7. The first kappa shape index (κ1) is 18.4. The minimum atomic E-state index is 0.692. The fourth-order valence-electron chi connectivity index (χ4n) is 3.67. The van der Waals surface area contributed by atoms with Crippen molar-refractivity contribution in [3.05, 3.63) is 95.7 Å². The normalized spacial score (nSPS) is 11.1. The SMILES string of the molecule is CCOc1ccc(-n2ccc3cc(CCc4ccc(CC)cc4)ccc32)cc1. The number of fused-ring (bicyclic) bond motifs is 1. The van der Waals surface area contributed by atoms with Crippen LogP contribution in [0.4, 0.5) is 0 Å². The summed E-state index contributed by atoms with van der Waals surface area (Å²) in [5.74, 6) is 0.914. The number of aryl methyl sites for hydroxylation is 3. The minimum absolute atomic E-state index is 0.692. The third-order valence-electron chi connectivity index (χ3n) is 5.31. The third-order valence-corrected chi connectivity index (χ3v) is 5.31. The van der Waals surface area contributed by atoms with E-state index in [1.165, 1.54) is 27.6 Å². The third kappa shape index (κ3) is 3.96. The quantitative estimate of drug-likeness (QED) is 0.369. The molecule has 0 radical (unpaired) electrons. The van der Waals surface area contributed by atoms with Crippen molar-refractivity contribution in [1.82, 2.24) is 4.57 Å². The molecule has 28 heavy (non-hydrogen) atoms. The Bertz CT molecular complexity index is 1040. The summed E-state index contributed by atoms with van der Waals surface area (Å²) in [6.45, 7) is 4.90. The Morgan fingerprint density at radius 1 is 0.714 bits per heavy atom. The maximum absolute atomic E-state index is 5.55. The molecule has 0 aliphatic rings. The Morgan fingerprint density at radius 3 is 2.11 bits per heavy atom. The van der Waals surface area contributed by atoms with Crippen molar-refractivity contribution < 1.29 is 4.74 Å². The molecule has 2 nitrogen and oxygen atoms in total. The second-order valence-electron chi connectivity index (χ2n) is 7.18. The van der Waals surface area contributed by atoms with E-state index in [9.17, 15) is 0 Å². The maximum atomic E-state index is 5.55. The van der Waals surface area contributed by atoms with E-state index in [0.717, 1.165) is 30.7 Å². The highest BCUT2D eigenvalue weighted by atomic mass is 16.5. The summed E-state index contributed by atoms with van der Waals surface area (Å²) in [5.41, 5.74) is 6.59. The molecule has 3 aromatic carbocycles. The van der Waals surface area contributed by atoms with E-state index >= 15 is 0 Å². The van der Waals surface area contributed by atoms with E-state index in [1.54, 1.807) is 0 Å². The van der Waals surface area contributed by atoms with Crippen molar-refractivity contribution in [2.24, 2.45) is 0 Å². The second kappa shape index (κ2) is 8.35. The average molecular weight is 370 g/mol. The average Bonchev–Trinajstić information content (AvgIpc) is 3.17. The number of aromatic nitrogens is 1. The van der Waals surface area contributed by atoms with E-state index in [0.29, 0.717) is 6.61 Å². The zero-order valence-electron chi connectivity index (χ0n) is 16.7. The van der Waals surface area contributed by atoms with Gasteiger partial charge in [0.1, 0.15) is 5.75 Å². The van der Waals surface area contributed by atoms with Crippen molar-refractivity contribution in [1.29, 1.82) is 0 Å². The number of benzene rings is 3. The molecule has 1 aromatic heterocycles. The van der Waals surface area contributed by atoms with Crippen LogP contribution < -0.4 is 4.74 Å². The van der Waals surface area contributed by atoms with Gasteiger partial charge in [-0.1, -0.05) is 37.3 Å². The predicted molar refractivity (Wildman–Crippen MR) is 118 cm³/mol. The van der Waals surface area contributed by atoms with Crippen LogP contribution in [-0.4, -0.2) is 11.2 Å². The van der Waals surface area contributed by atoms with Gasteiger partial charge in [0.25, 0.3) is 0 Å². The van der Waals surface area contributed by atoms with E-state index < -0.39 is 0 Å². The molecule has 0 amide bonds. The fourth-order valence-corrected chi connectivity index (χ4v) is 3.67. The molecular formula is C26H27NO. The Morgan fingerprint density at radius 2 is 1.39 bits per heavy atom. The van der Waals surface area contributed by atoms with Crippen LogP contribution in [0.25, 0.3) is 16.6 Å². The molecule has 0 aliphatic carbocycles. The molecule has 0 fully saturated rings. The van der Waals surface area contributed by atoms with Gasteiger partial charge < -0.3 is 9.30 Å². The molecule has 142 valence electrons. The molecule has 0 N–H and O–H groups in total. The smallest absolute Gasteiger partial charge is 0.119 e. The second-order valence-corrected chi connectivity index (χ2v) is 7.18. The lowest BCUT2D eigenvalue weighted by Gasteiger charge is -2.08. The van der Waals surface area contributed by atoms with Gasteiger partial charge >= 0.3 is 0 Å². The lowest BCUT2D eigenvalue weighted by Crippen LogP contribution is -1.95. The molecular weight excluding hydrogens is 342 g/mol. The molecule has 0 bridgehead atoms. The van der Waals surface area contributed by atoms with Crippen LogP contribution in [0, 0.1) is 0 Å². The number of hydrogen-bond acceptors (Lipinski definition) is 1. The summed E-state index contributed by atoms with van der Waals surface area (Å²) >= 11 is 0. The van der Waals surface area contributed by atoms with Crippen molar-refractivity contribution >= 4 is 10.9 Å². The summed E-state index contributed by atoms with van der Waals surface area (Å²) in [6, 6.07) is 26.3. The standard InChI is InChI=1S/C26H27NO/c1-3-20-5-7-21(8-6-20)9-10-22-11-16-26-23(19-22)17-18-27(26)24-12-14-25(15-13-24)28-4-2/h5-8,11-19H,3-4,9-10H2,1-2H3. The lowest BCUT2D eigenvalue weighted by atomic mass is 10.0. The summed E-state index contributed by atoms with van der Waals surface area (Å²) < 4.78 is 7.78. The first-order valence-electron chi connectivity index (χ1n) is 10.2. The summed E-state index contributed by atoms with van der Waals surface area (Å²) in [5, 5.41) is 1.28. The van der Waals surface area contributed by atoms with Gasteiger partial charge in [-0.3, -0.25) is 0 Å². The van der Waals surface area contributed by atoms with Crippen molar-refractivity contribution in [2.75, 3.05) is 6.61 Å². The Balaban J connectivity index is 1.50. The van der Waals surface area contributed by atoms with Crippen molar-refractivity contribution in [2.45, 2.75) is 33.1 Å². The Kier molecular flexibility index (Phi) is 5.48. The van der Waals surface area contributed by atoms with Crippen molar-refractivity contribution in [3.63, 3.8) is 0 Å². The van der Waals surface area contributed by atoms with Gasteiger partial charge in [-0.15, -0.1) is 0 Å². The Hall–Kier alpha value is -3.00.